The normalized spacial score (nSPS) is 16.9. The number of non-ortho nitro benzene ring substituents is 1. The van der Waals surface area contributed by atoms with E-state index in [1.807, 2.05) is 54.6 Å². The summed E-state index contributed by atoms with van der Waals surface area (Å²) in [5.41, 5.74) is 2.59. The quantitative estimate of drug-likeness (QED) is 0.175. The van der Waals surface area contributed by atoms with Gasteiger partial charge < -0.3 is 14.4 Å². The highest BCUT2D eigenvalue weighted by Gasteiger charge is 2.40. The van der Waals surface area contributed by atoms with Gasteiger partial charge in [0, 0.05) is 36.3 Å². The number of benzene rings is 3. The van der Waals surface area contributed by atoms with Gasteiger partial charge in [0.15, 0.2) is 5.60 Å². The van der Waals surface area contributed by atoms with E-state index in [1.54, 1.807) is 25.5 Å². The number of hydrogen-bond donors (Lipinski definition) is 0. The third kappa shape index (κ3) is 6.17. The number of dihydropyridines is 1. The van der Waals surface area contributed by atoms with Crippen LogP contribution in [-0.2, 0) is 15.9 Å². The largest absolute Gasteiger partial charge is 0.498 e. The molecule has 1 unspecified atom stereocenters. The lowest BCUT2D eigenvalue weighted by molar-refractivity contribution is -0.384. The Morgan fingerprint density at radius 2 is 1.58 bits per heavy atom. The fourth-order valence-corrected chi connectivity index (χ4v) is 4.38. The zero-order valence-corrected chi connectivity index (χ0v) is 20.5. The summed E-state index contributed by atoms with van der Waals surface area (Å²) in [6.07, 6.45) is 6.24. The van der Waals surface area contributed by atoms with Gasteiger partial charge in [-0.05, 0) is 55.2 Å². The number of nitrogens with zero attached hydrogens (tertiary/aromatic N) is 3. The molecule has 36 heavy (non-hydrogen) atoms. The Labute approximate surface area is 211 Å². The first-order valence-electron chi connectivity index (χ1n) is 12.1. The molecule has 3 aromatic carbocycles. The third-order valence-corrected chi connectivity index (χ3v) is 6.28. The van der Waals surface area contributed by atoms with Crippen molar-refractivity contribution >= 4 is 23.3 Å². The van der Waals surface area contributed by atoms with E-state index in [2.05, 4.69) is 34.2 Å². The average Bonchev–Trinajstić information content (AvgIpc) is 2.93. The Morgan fingerprint density at radius 3 is 2.17 bits per heavy atom. The smallest absolute Gasteiger partial charge is 0.269 e. The summed E-state index contributed by atoms with van der Waals surface area (Å²) in [7, 11) is 1.67. The number of nitro benzene ring substituents is 1. The fraction of sp³-hybridized carbons (Fsp3) is 0.276. The molecule has 0 aromatic heterocycles. The molecular weight excluding hydrogens is 454 g/mol. The summed E-state index contributed by atoms with van der Waals surface area (Å²) in [6.45, 7) is 1.55. The monoisotopic (exact) mass is 485 g/mol. The summed E-state index contributed by atoms with van der Waals surface area (Å²) in [5.74, 6) is 0.754. The van der Waals surface area contributed by atoms with Crippen molar-refractivity contribution in [1.82, 2.24) is 0 Å². The Balaban J connectivity index is 1.46. The number of anilines is 2. The van der Waals surface area contributed by atoms with Crippen LogP contribution >= 0.6 is 0 Å². The molecule has 1 aliphatic rings. The van der Waals surface area contributed by atoms with Crippen molar-refractivity contribution < 1.29 is 14.4 Å². The first kappa shape index (κ1) is 25.1. The van der Waals surface area contributed by atoms with Crippen LogP contribution in [0.4, 0.5) is 17.1 Å². The number of unbranched alkanes of at least 4 members (excludes halogenated alkanes) is 1. The summed E-state index contributed by atoms with van der Waals surface area (Å²) in [5, 5.41) is 10.9. The van der Waals surface area contributed by atoms with Crippen LogP contribution in [0.1, 0.15) is 18.4 Å². The van der Waals surface area contributed by atoms with Gasteiger partial charge in [-0.15, -0.1) is 0 Å². The van der Waals surface area contributed by atoms with Gasteiger partial charge in [-0.2, -0.15) is 0 Å². The molecule has 1 atom stereocenters. The summed E-state index contributed by atoms with van der Waals surface area (Å²) >= 11 is 0. The minimum atomic E-state index is -0.734. The van der Waals surface area contributed by atoms with Crippen molar-refractivity contribution in [1.29, 1.82) is 0 Å². The van der Waals surface area contributed by atoms with Crippen LogP contribution in [0.3, 0.4) is 0 Å². The number of ether oxygens (including phenoxy) is 2. The Kier molecular flexibility index (Phi) is 8.47. The van der Waals surface area contributed by atoms with E-state index in [0.29, 0.717) is 19.7 Å². The van der Waals surface area contributed by atoms with Gasteiger partial charge in [-0.3, -0.25) is 15.1 Å². The van der Waals surface area contributed by atoms with Crippen LogP contribution < -0.4 is 4.90 Å². The van der Waals surface area contributed by atoms with E-state index in [0.717, 1.165) is 42.0 Å². The van der Waals surface area contributed by atoms with Gasteiger partial charge >= 0.3 is 0 Å². The number of rotatable bonds is 12. The summed E-state index contributed by atoms with van der Waals surface area (Å²) in [4.78, 5) is 17.3. The molecule has 0 spiro atoms. The zero-order valence-electron chi connectivity index (χ0n) is 20.5. The molecule has 4 rings (SSSR count). The molecule has 0 N–H and O–H groups in total. The lowest BCUT2D eigenvalue weighted by Crippen LogP contribution is -2.49. The highest BCUT2D eigenvalue weighted by Crippen LogP contribution is 2.33. The lowest BCUT2D eigenvalue weighted by atomic mass is 9.96. The molecule has 3 aromatic rings. The number of methoxy groups -OCH3 is 1. The number of para-hydroxylation sites is 2. The van der Waals surface area contributed by atoms with Crippen LogP contribution in [0.5, 0.6) is 0 Å². The van der Waals surface area contributed by atoms with E-state index >= 15 is 0 Å². The Bertz CT molecular complexity index is 1140. The zero-order chi connectivity index (χ0) is 25.2. The van der Waals surface area contributed by atoms with Crippen molar-refractivity contribution in [3.05, 3.63) is 112 Å². The number of aryl methyl sites for hydroxylation is 1. The van der Waals surface area contributed by atoms with Gasteiger partial charge in [0.2, 0.25) is 0 Å². The van der Waals surface area contributed by atoms with E-state index in [9.17, 15) is 10.1 Å². The number of nitro groups is 1. The molecular formula is C29H31N3O4. The first-order chi connectivity index (χ1) is 17.6. The molecule has 0 radical (unpaired) electrons. The highest BCUT2D eigenvalue weighted by atomic mass is 16.6. The van der Waals surface area contributed by atoms with Crippen molar-refractivity contribution in [3.63, 3.8) is 0 Å². The molecule has 0 amide bonds. The van der Waals surface area contributed by atoms with Crippen molar-refractivity contribution in [2.75, 3.05) is 31.7 Å². The second-order valence-electron chi connectivity index (χ2n) is 8.71. The minimum Gasteiger partial charge on any atom is -0.498 e. The fourth-order valence-electron chi connectivity index (χ4n) is 4.38. The SMILES string of the molecule is COC1=CC=NCC1(CN(c1ccccc1)c1ccccc1)OCCCCc1ccc([N+](=O)[O-])cc1. The molecule has 0 fully saturated rings. The van der Waals surface area contributed by atoms with Crippen LogP contribution in [0, 0.1) is 10.1 Å². The number of aliphatic imine (C=N–C) groups is 1. The summed E-state index contributed by atoms with van der Waals surface area (Å²) < 4.78 is 12.4. The van der Waals surface area contributed by atoms with Gasteiger partial charge in [0.25, 0.3) is 5.69 Å². The van der Waals surface area contributed by atoms with Crippen molar-refractivity contribution in [3.8, 4) is 0 Å². The van der Waals surface area contributed by atoms with Gasteiger partial charge in [-0.1, -0.05) is 48.5 Å². The predicted molar refractivity (Wildman–Crippen MR) is 143 cm³/mol. The van der Waals surface area contributed by atoms with Crippen LogP contribution in [0.15, 0.2) is 102 Å². The first-order valence-corrected chi connectivity index (χ1v) is 12.1. The molecule has 1 heterocycles. The highest BCUT2D eigenvalue weighted by molar-refractivity contribution is 5.74. The minimum absolute atomic E-state index is 0.113. The maximum absolute atomic E-state index is 10.9. The van der Waals surface area contributed by atoms with Crippen LogP contribution in [0.2, 0.25) is 0 Å². The van der Waals surface area contributed by atoms with Crippen LogP contribution in [0.25, 0.3) is 0 Å². The molecule has 7 nitrogen and oxygen atoms in total. The van der Waals surface area contributed by atoms with Gasteiger partial charge in [-0.25, -0.2) is 0 Å². The molecule has 1 aliphatic heterocycles. The van der Waals surface area contributed by atoms with E-state index in [4.69, 9.17) is 9.47 Å². The second-order valence-corrected chi connectivity index (χ2v) is 8.71. The molecule has 0 aliphatic carbocycles. The number of allylic oxidation sites excluding steroid dienone is 1. The average molecular weight is 486 g/mol. The molecule has 186 valence electrons. The van der Waals surface area contributed by atoms with Crippen molar-refractivity contribution in [2.45, 2.75) is 24.9 Å². The Hall–Kier alpha value is -3.97. The lowest BCUT2D eigenvalue weighted by Gasteiger charge is -2.40. The van der Waals surface area contributed by atoms with Crippen molar-refractivity contribution in [2.24, 2.45) is 4.99 Å². The standard InChI is InChI=1S/C29H31N3O4/c1-35-28-19-20-30-22-29(28,36-21-9-8-10-24-15-17-27(18-16-24)32(33)34)23-31(25-11-4-2-5-12-25)26-13-6-3-7-14-26/h2-7,11-20H,8-10,21-23H2,1H3. The van der Waals surface area contributed by atoms with E-state index in [-0.39, 0.29) is 10.6 Å². The van der Waals surface area contributed by atoms with Gasteiger partial charge in [0.1, 0.15) is 5.76 Å². The maximum Gasteiger partial charge on any atom is 0.269 e. The number of hydrogen-bond acceptors (Lipinski definition) is 6. The third-order valence-electron chi connectivity index (χ3n) is 6.28. The topological polar surface area (TPSA) is 77.2 Å². The maximum atomic E-state index is 10.9. The van der Waals surface area contributed by atoms with E-state index in [1.165, 1.54) is 0 Å². The Morgan fingerprint density at radius 1 is 0.944 bits per heavy atom. The molecule has 0 saturated carbocycles. The molecule has 7 heteroatoms. The predicted octanol–water partition coefficient (Wildman–Crippen LogP) is 6.13. The van der Waals surface area contributed by atoms with Gasteiger partial charge in [0.05, 0.1) is 25.1 Å². The second kappa shape index (κ2) is 12.1. The van der Waals surface area contributed by atoms with E-state index < -0.39 is 5.60 Å². The van der Waals surface area contributed by atoms with Crippen LogP contribution in [-0.4, -0.2) is 43.5 Å². The molecule has 0 saturated heterocycles. The molecule has 0 bridgehead atoms. The summed E-state index contributed by atoms with van der Waals surface area (Å²) in [6, 6.07) is 27.2.